The first-order valence-electron chi connectivity index (χ1n) is 8.42. The van der Waals surface area contributed by atoms with Gasteiger partial charge >= 0.3 is 0 Å². The predicted molar refractivity (Wildman–Crippen MR) is 98.1 cm³/mol. The number of rotatable bonds is 5. The minimum atomic E-state index is -0.439. The van der Waals surface area contributed by atoms with Gasteiger partial charge in [-0.15, -0.1) is 11.3 Å². The Labute approximate surface area is 151 Å². The van der Waals surface area contributed by atoms with E-state index in [0.717, 1.165) is 36.6 Å². The molecule has 2 aromatic rings. The summed E-state index contributed by atoms with van der Waals surface area (Å²) in [6.45, 7) is 0.872. The summed E-state index contributed by atoms with van der Waals surface area (Å²) < 4.78 is 0.821. The average molecular weight is 361 g/mol. The third-order valence-corrected chi connectivity index (χ3v) is 6.92. The Morgan fingerprint density at radius 1 is 1.25 bits per heavy atom. The molecule has 3 atom stereocenters. The molecule has 2 aliphatic heterocycles. The number of fused-ring (bicyclic) bond motifs is 2. The van der Waals surface area contributed by atoms with Gasteiger partial charge in [-0.1, -0.05) is 41.9 Å². The topological polar surface area (TPSA) is 46.3 Å². The van der Waals surface area contributed by atoms with E-state index >= 15 is 0 Å². The van der Waals surface area contributed by atoms with Crippen LogP contribution in [0, 0.1) is 5.41 Å². The maximum atomic E-state index is 12.5. The Morgan fingerprint density at radius 2 is 2.04 bits per heavy atom. The van der Waals surface area contributed by atoms with Gasteiger partial charge in [0.05, 0.1) is 9.75 Å². The molecule has 2 fully saturated rings. The molecule has 1 aromatic heterocycles. The Hall–Kier alpha value is -1.36. The van der Waals surface area contributed by atoms with E-state index in [-0.39, 0.29) is 11.9 Å². The van der Waals surface area contributed by atoms with Crippen LogP contribution in [0.15, 0.2) is 42.5 Å². The molecule has 24 heavy (non-hydrogen) atoms. The summed E-state index contributed by atoms with van der Waals surface area (Å²) in [6, 6.07) is 15.0. The van der Waals surface area contributed by atoms with E-state index in [0.29, 0.717) is 6.04 Å². The van der Waals surface area contributed by atoms with Crippen molar-refractivity contribution in [2.75, 3.05) is 0 Å². The van der Waals surface area contributed by atoms with Gasteiger partial charge in [-0.25, -0.2) is 0 Å². The molecule has 3 heterocycles. The Kier molecular flexibility index (Phi) is 4.15. The van der Waals surface area contributed by atoms with E-state index in [9.17, 15) is 4.79 Å². The maximum absolute atomic E-state index is 12.5. The maximum Gasteiger partial charge on any atom is 0.225 e. The molecule has 126 valence electrons. The number of carbonyl (C=O) groups excluding carboxylic acids is 1. The van der Waals surface area contributed by atoms with Crippen molar-refractivity contribution in [3.05, 3.63) is 57.2 Å². The van der Waals surface area contributed by atoms with Crippen LogP contribution in [-0.4, -0.2) is 22.9 Å². The lowest BCUT2D eigenvalue weighted by molar-refractivity contribution is -0.129. The van der Waals surface area contributed by atoms with Gasteiger partial charge < -0.3 is 5.73 Å². The van der Waals surface area contributed by atoms with Crippen LogP contribution in [0.1, 0.15) is 29.7 Å². The summed E-state index contributed by atoms with van der Waals surface area (Å²) in [4.78, 5) is 16.3. The molecule has 2 saturated heterocycles. The van der Waals surface area contributed by atoms with Gasteiger partial charge in [-0.3, -0.25) is 9.69 Å². The lowest BCUT2D eigenvalue weighted by Gasteiger charge is -2.35. The Morgan fingerprint density at radius 3 is 2.71 bits per heavy atom. The Bertz CT molecular complexity index is 747. The normalized spacial score (nSPS) is 29.2. The largest absolute Gasteiger partial charge is 0.369 e. The fraction of sp³-hybridized carbons (Fsp3) is 0.421. The molecule has 0 spiro atoms. The summed E-state index contributed by atoms with van der Waals surface area (Å²) in [7, 11) is 0. The van der Waals surface area contributed by atoms with Gasteiger partial charge in [0.25, 0.3) is 0 Å². The number of nitrogens with two attached hydrogens (primary N) is 1. The quantitative estimate of drug-likeness (QED) is 0.880. The van der Waals surface area contributed by atoms with Gasteiger partial charge in [-0.2, -0.15) is 0 Å². The van der Waals surface area contributed by atoms with E-state index in [4.69, 9.17) is 17.3 Å². The zero-order valence-electron chi connectivity index (χ0n) is 13.5. The molecule has 2 aliphatic rings. The van der Waals surface area contributed by atoms with Crippen molar-refractivity contribution in [2.24, 2.45) is 11.1 Å². The van der Waals surface area contributed by atoms with Crippen LogP contribution >= 0.6 is 22.9 Å². The second kappa shape index (κ2) is 6.17. The zero-order valence-corrected chi connectivity index (χ0v) is 15.0. The molecule has 1 amide bonds. The first kappa shape index (κ1) is 16.1. The second-order valence-electron chi connectivity index (χ2n) is 7.01. The van der Waals surface area contributed by atoms with Crippen molar-refractivity contribution in [3.8, 4) is 0 Å². The highest BCUT2D eigenvalue weighted by molar-refractivity contribution is 7.16. The summed E-state index contributed by atoms with van der Waals surface area (Å²) in [5.41, 5.74) is 6.70. The van der Waals surface area contributed by atoms with E-state index in [1.807, 2.05) is 24.3 Å². The molecule has 0 aliphatic carbocycles. The van der Waals surface area contributed by atoms with Crippen molar-refractivity contribution in [2.45, 2.75) is 44.3 Å². The number of carbonyl (C=O) groups is 1. The third kappa shape index (κ3) is 2.67. The minimum absolute atomic E-state index is 0.146. The number of benzene rings is 1. The van der Waals surface area contributed by atoms with Crippen LogP contribution in [0.4, 0.5) is 0 Å². The molecule has 5 heteroatoms. The summed E-state index contributed by atoms with van der Waals surface area (Å²) in [5.74, 6) is -0.146. The number of hydrogen-bond donors (Lipinski definition) is 1. The number of primary amides is 1. The minimum Gasteiger partial charge on any atom is -0.369 e. The standard InChI is InChI=1S/C19H21ClN2OS/c20-17-9-7-15(24-17)12-22-14-6-8-16(22)19(11-14,18(21)23)10-13-4-2-1-3-5-13/h1-5,7,9,14,16H,6,8,10-12H2,(H2,21,23)/t14-,16+,19+/m0/s1. The molecular formula is C19H21ClN2OS. The van der Waals surface area contributed by atoms with Gasteiger partial charge in [0.15, 0.2) is 0 Å². The van der Waals surface area contributed by atoms with Crippen molar-refractivity contribution < 1.29 is 4.79 Å². The zero-order chi connectivity index (χ0) is 16.7. The van der Waals surface area contributed by atoms with Gasteiger partial charge in [0.1, 0.15) is 0 Å². The molecule has 0 radical (unpaired) electrons. The Balaban J connectivity index is 1.61. The van der Waals surface area contributed by atoms with Gasteiger partial charge in [0, 0.05) is 23.5 Å². The molecule has 2 N–H and O–H groups in total. The number of hydrogen-bond acceptors (Lipinski definition) is 3. The highest BCUT2D eigenvalue weighted by Gasteiger charge is 2.58. The van der Waals surface area contributed by atoms with E-state index < -0.39 is 5.41 Å². The molecule has 0 unspecified atom stereocenters. The summed E-state index contributed by atoms with van der Waals surface area (Å²) in [5, 5.41) is 0. The smallest absolute Gasteiger partial charge is 0.225 e. The molecule has 1 aromatic carbocycles. The number of nitrogens with zero attached hydrogens (tertiary/aromatic N) is 1. The van der Waals surface area contributed by atoms with Crippen LogP contribution < -0.4 is 5.73 Å². The van der Waals surface area contributed by atoms with Crippen molar-refractivity contribution in [1.29, 1.82) is 0 Å². The number of thiophene rings is 1. The van der Waals surface area contributed by atoms with Crippen LogP contribution in [0.3, 0.4) is 0 Å². The molecule has 3 nitrogen and oxygen atoms in total. The van der Waals surface area contributed by atoms with Crippen molar-refractivity contribution in [3.63, 3.8) is 0 Å². The van der Waals surface area contributed by atoms with Crippen LogP contribution in [0.25, 0.3) is 0 Å². The average Bonchev–Trinajstić information content (AvgIpc) is 3.23. The summed E-state index contributed by atoms with van der Waals surface area (Å²) in [6.07, 6.45) is 3.83. The summed E-state index contributed by atoms with van der Waals surface area (Å²) >= 11 is 7.70. The fourth-order valence-corrected chi connectivity index (χ4v) is 5.76. The van der Waals surface area contributed by atoms with E-state index in [1.165, 1.54) is 10.4 Å². The monoisotopic (exact) mass is 360 g/mol. The predicted octanol–water partition coefficient (Wildman–Crippen LogP) is 3.85. The van der Waals surface area contributed by atoms with Crippen molar-refractivity contribution in [1.82, 2.24) is 4.90 Å². The number of amides is 1. The SMILES string of the molecule is NC(=O)[C@]1(Cc2ccccc2)C[C@@H]2CC[C@H]1N2Cc1ccc(Cl)s1. The third-order valence-electron chi connectivity index (χ3n) is 5.70. The highest BCUT2D eigenvalue weighted by Crippen LogP contribution is 2.52. The van der Waals surface area contributed by atoms with E-state index in [1.54, 1.807) is 11.3 Å². The second-order valence-corrected chi connectivity index (χ2v) is 8.81. The molecular weight excluding hydrogens is 340 g/mol. The van der Waals surface area contributed by atoms with Crippen LogP contribution in [0.5, 0.6) is 0 Å². The lowest BCUT2D eigenvalue weighted by Crippen LogP contribution is -2.48. The van der Waals surface area contributed by atoms with Crippen LogP contribution in [0.2, 0.25) is 4.34 Å². The molecule has 4 rings (SSSR count). The lowest BCUT2D eigenvalue weighted by atomic mass is 9.69. The highest BCUT2D eigenvalue weighted by atomic mass is 35.5. The van der Waals surface area contributed by atoms with Gasteiger partial charge in [0.2, 0.25) is 5.91 Å². The fourth-order valence-electron chi connectivity index (χ4n) is 4.66. The number of halogens is 1. The van der Waals surface area contributed by atoms with Gasteiger partial charge in [-0.05, 0) is 43.4 Å². The van der Waals surface area contributed by atoms with Crippen molar-refractivity contribution >= 4 is 28.8 Å². The molecule has 0 saturated carbocycles. The van der Waals surface area contributed by atoms with E-state index in [2.05, 4.69) is 23.1 Å². The van der Waals surface area contributed by atoms with Crippen LogP contribution in [-0.2, 0) is 17.8 Å². The molecule has 2 bridgehead atoms. The first-order valence-corrected chi connectivity index (χ1v) is 9.62. The first-order chi connectivity index (χ1) is 11.6.